The van der Waals surface area contributed by atoms with Crippen molar-refractivity contribution in [3.05, 3.63) is 65.7 Å². The summed E-state index contributed by atoms with van der Waals surface area (Å²) in [6, 6.07) is 13.4. The molecular formula is C16H17NO. The average Bonchev–Trinajstić information content (AvgIpc) is 2.32. The van der Waals surface area contributed by atoms with Crippen molar-refractivity contribution in [3.8, 4) is 5.75 Å². The average molecular weight is 239 g/mol. The van der Waals surface area contributed by atoms with Crippen LogP contribution in [0.1, 0.15) is 16.7 Å². The highest BCUT2D eigenvalue weighted by molar-refractivity contribution is 5.49. The minimum absolute atomic E-state index is 0.261. The van der Waals surface area contributed by atoms with Crippen LogP contribution in [-0.2, 0) is 0 Å². The van der Waals surface area contributed by atoms with Crippen molar-refractivity contribution < 1.29 is 9.68 Å². The number of benzene rings is 2. The van der Waals surface area contributed by atoms with Gasteiger partial charge in [0, 0.05) is 0 Å². The van der Waals surface area contributed by atoms with Crippen LogP contribution in [-0.4, -0.2) is 16.4 Å². The van der Waals surface area contributed by atoms with Crippen LogP contribution in [0.3, 0.4) is 0 Å². The second-order valence-electron chi connectivity index (χ2n) is 4.40. The largest absolute Gasteiger partial charge is 0.542 e. The smallest absolute Gasteiger partial charge is 0.153 e. The molecule has 2 aromatic rings. The standard InChI is InChI=1S/C16H17NO/c1-12-7-6-8-13(2)16(12)17(3)11-14-9-4-5-10-15(14)18/h4-11,18H,3H2,1-2H3. The minimum Gasteiger partial charge on any atom is -0.542 e. The maximum absolute atomic E-state index is 9.76. The molecule has 18 heavy (non-hydrogen) atoms. The van der Waals surface area contributed by atoms with Crippen LogP contribution in [0.4, 0.5) is 5.69 Å². The fourth-order valence-electron chi connectivity index (χ4n) is 2.09. The molecule has 0 heterocycles. The van der Waals surface area contributed by atoms with Crippen molar-refractivity contribution >= 4 is 12.4 Å². The Morgan fingerprint density at radius 3 is 2.22 bits per heavy atom. The molecule has 0 bridgehead atoms. The summed E-state index contributed by atoms with van der Waals surface area (Å²) >= 11 is 0. The lowest BCUT2D eigenvalue weighted by molar-refractivity contribution is -0.379. The molecule has 0 amide bonds. The Labute approximate surface area is 108 Å². The minimum atomic E-state index is 0.261. The molecule has 0 fully saturated rings. The Kier molecular flexibility index (Phi) is 3.38. The number of phenols is 1. The van der Waals surface area contributed by atoms with Crippen molar-refractivity contribution in [1.82, 2.24) is 0 Å². The normalized spacial score (nSPS) is 10.1. The number of nitrogens with zero attached hydrogens (tertiary/aromatic N) is 1. The first-order valence-electron chi connectivity index (χ1n) is 5.88. The van der Waals surface area contributed by atoms with Gasteiger partial charge in [-0.2, -0.15) is 0 Å². The van der Waals surface area contributed by atoms with E-state index in [2.05, 4.69) is 32.7 Å². The lowest BCUT2D eigenvalue weighted by Gasteiger charge is -2.13. The second kappa shape index (κ2) is 4.96. The van der Waals surface area contributed by atoms with Gasteiger partial charge in [-0.3, -0.25) is 4.58 Å². The Bertz CT molecular complexity index is 567. The second-order valence-corrected chi connectivity index (χ2v) is 4.40. The van der Waals surface area contributed by atoms with E-state index in [4.69, 9.17) is 0 Å². The van der Waals surface area contributed by atoms with Gasteiger partial charge in [0.2, 0.25) is 0 Å². The number of aromatic hydroxyl groups is 1. The molecule has 2 aromatic carbocycles. The van der Waals surface area contributed by atoms with Gasteiger partial charge in [0.1, 0.15) is 6.54 Å². The quantitative estimate of drug-likeness (QED) is 0.494. The molecule has 0 unspecified atom stereocenters. The first-order valence-corrected chi connectivity index (χ1v) is 5.88. The van der Waals surface area contributed by atoms with E-state index >= 15 is 0 Å². The van der Waals surface area contributed by atoms with Gasteiger partial charge in [-0.15, -0.1) is 6.07 Å². The summed E-state index contributed by atoms with van der Waals surface area (Å²) in [5.41, 5.74) is 4.16. The highest BCUT2D eigenvalue weighted by atomic mass is 16.3. The third-order valence-electron chi connectivity index (χ3n) is 2.96. The van der Waals surface area contributed by atoms with Crippen LogP contribution < -0.4 is 0 Å². The molecule has 0 atom stereocenters. The highest BCUT2D eigenvalue weighted by Gasteiger charge is 2.10. The van der Waals surface area contributed by atoms with Crippen LogP contribution in [0.15, 0.2) is 42.5 Å². The van der Waals surface area contributed by atoms with E-state index in [0.29, 0.717) is 0 Å². The summed E-state index contributed by atoms with van der Waals surface area (Å²) in [5, 5.41) is 9.76. The maximum atomic E-state index is 9.76. The third kappa shape index (κ3) is 2.38. The predicted octanol–water partition coefficient (Wildman–Crippen LogP) is 3.56. The van der Waals surface area contributed by atoms with Gasteiger partial charge < -0.3 is 5.11 Å². The molecule has 0 saturated carbocycles. The summed E-state index contributed by atoms with van der Waals surface area (Å²) in [5.74, 6) is 0.261. The van der Waals surface area contributed by atoms with Crippen LogP contribution in [0.2, 0.25) is 0 Å². The topological polar surface area (TPSA) is 23.2 Å². The zero-order chi connectivity index (χ0) is 13.1. The van der Waals surface area contributed by atoms with Gasteiger partial charge in [0.15, 0.2) is 5.69 Å². The van der Waals surface area contributed by atoms with Crippen molar-refractivity contribution in [2.24, 2.45) is 0 Å². The summed E-state index contributed by atoms with van der Waals surface area (Å²) < 4.78 is 1.81. The van der Waals surface area contributed by atoms with Gasteiger partial charge in [-0.1, -0.05) is 36.4 Å². The van der Waals surface area contributed by atoms with E-state index in [1.807, 2.05) is 24.7 Å². The fourth-order valence-corrected chi connectivity index (χ4v) is 2.09. The van der Waals surface area contributed by atoms with Crippen LogP contribution >= 0.6 is 0 Å². The number of para-hydroxylation sites is 2. The fraction of sp³-hybridized carbons (Fsp3) is 0.125. The molecule has 0 aliphatic carbocycles. The Morgan fingerprint density at radius 1 is 1.00 bits per heavy atom. The van der Waals surface area contributed by atoms with E-state index < -0.39 is 0 Å². The van der Waals surface area contributed by atoms with Crippen LogP contribution in [0.5, 0.6) is 5.75 Å². The first kappa shape index (κ1) is 12.2. The predicted molar refractivity (Wildman–Crippen MR) is 74.5 cm³/mol. The number of aryl methyl sites for hydroxylation is 2. The zero-order valence-corrected chi connectivity index (χ0v) is 10.7. The van der Waals surface area contributed by atoms with Crippen LogP contribution in [0.25, 0.3) is 0 Å². The van der Waals surface area contributed by atoms with Crippen molar-refractivity contribution in [3.63, 3.8) is 0 Å². The maximum Gasteiger partial charge on any atom is 0.153 e. The Morgan fingerprint density at radius 2 is 1.61 bits per heavy atom. The SMILES string of the molecule is C=[N+]([CH-]c1ccccc1O)c1c(C)cccc1C. The summed E-state index contributed by atoms with van der Waals surface area (Å²) in [7, 11) is 0. The van der Waals surface area contributed by atoms with E-state index in [1.165, 1.54) is 0 Å². The number of rotatable bonds is 3. The zero-order valence-electron chi connectivity index (χ0n) is 10.7. The summed E-state index contributed by atoms with van der Waals surface area (Å²) in [6.07, 6.45) is 0. The molecule has 2 heteroatoms. The van der Waals surface area contributed by atoms with E-state index in [0.717, 1.165) is 22.4 Å². The molecule has 0 aliphatic heterocycles. The number of phenolic OH excluding ortho intramolecular Hbond substituents is 1. The van der Waals surface area contributed by atoms with Gasteiger partial charge in [0.25, 0.3) is 0 Å². The number of hydrogen-bond donors (Lipinski definition) is 1. The monoisotopic (exact) mass is 239 g/mol. The first-order chi connectivity index (χ1) is 8.59. The molecular weight excluding hydrogens is 222 g/mol. The molecule has 0 saturated heterocycles. The molecule has 1 N–H and O–H groups in total. The van der Waals surface area contributed by atoms with Crippen molar-refractivity contribution in [1.29, 1.82) is 0 Å². The molecule has 0 aromatic heterocycles. The van der Waals surface area contributed by atoms with E-state index in [9.17, 15) is 5.11 Å². The van der Waals surface area contributed by atoms with E-state index in [1.54, 1.807) is 16.7 Å². The van der Waals surface area contributed by atoms with Crippen LogP contribution in [0, 0.1) is 20.4 Å². The highest BCUT2D eigenvalue weighted by Crippen LogP contribution is 2.26. The number of hydrogen-bond acceptors (Lipinski definition) is 1. The molecule has 0 spiro atoms. The van der Waals surface area contributed by atoms with Crippen molar-refractivity contribution in [2.45, 2.75) is 13.8 Å². The van der Waals surface area contributed by atoms with E-state index in [-0.39, 0.29) is 5.75 Å². The van der Waals surface area contributed by atoms with Gasteiger partial charge in [-0.05, 0) is 30.5 Å². The molecule has 0 radical (unpaired) electrons. The van der Waals surface area contributed by atoms with Gasteiger partial charge in [0.05, 0.1) is 12.5 Å². The third-order valence-corrected chi connectivity index (χ3v) is 2.96. The molecule has 92 valence electrons. The molecule has 2 nitrogen and oxygen atoms in total. The Hall–Kier alpha value is -2.22. The lowest BCUT2D eigenvalue weighted by atomic mass is 10.1. The van der Waals surface area contributed by atoms with Crippen molar-refractivity contribution in [2.75, 3.05) is 0 Å². The summed E-state index contributed by atoms with van der Waals surface area (Å²) in [6.45, 7) is 9.98. The molecule has 0 aliphatic rings. The molecule has 2 rings (SSSR count). The lowest BCUT2D eigenvalue weighted by Crippen LogP contribution is -2.03. The van der Waals surface area contributed by atoms with Gasteiger partial charge >= 0.3 is 0 Å². The summed E-state index contributed by atoms with van der Waals surface area (Å²) in [4.78, 5) is 0. The Balaban J connectivity index is 2.31. The van der Waals surface area contributed by atoms with Gasteiger partial charge in [-0.25, -0.2) is 0 Å².